The third-order valence-electron chi connectivity index (χ3n) is 7.55. The Balaban J connectivity index is 1.62. The zero-order valence-electron chi connectivity index (χ0n) is 20.5. The van der Waals surface area contributed by atoms with Crippen molar-refractivity contribution in [2.24, 2.45) is 11.8 Å². The Bertz CT molecular complexity index is 1110. The average Bonchev–Trinajstić information content (AvgIpc) is 2.82. The van der Waals surface area contributed by atoms with E-state index in [0.717, 1.165) is 50.0 Å². The van der Waals surface area contributed by atoms with E-state index in [0.29, 0.717) is 23.1 Å². The van der Waals surface area contributed by atoms with E-state index in [9.17, 15) is 13.2 Å². The van der Waals surface area contributed by atoms with Crippen molar-refractivity contribution >= 4 is 27.3 Å². The third kappa shape index (κ3) is 5.57. The van der Waals surface area contributed by atoms with E-state index in [4.69, 9.17) is 0 Å². The van der Waals surface area contributed by atoms with Crippen molar-refractivity contribution in [2.45, 2.75) is 70.2 Å². The lowest BCUT2D eigenvalue weighted by molar-refractivity contribution is 0.0891. The largest absolute Gasteiger partial charge is 0.370 e. The van der Waals surface area contributed by atoms with Gasteiger partial charge in [-0.2, -0.15) is 0 Å². The lowest BCUT2D eigenvalue weighted by Crippen LogP contribution is -2.43. The summed E-state index contributed by atoms with van der Waals surface area (Å²) in [4.78, 5) is 15.6. The molecule has 6 nitrogen and oxygen atoms in total. The van der Waals surface area contributed by atoms with Crippen LogP contribution in [-0.4, -0.2) is 33.5 Å². The molecule has 0 unspecified atom stereocenters. The molecule has 1 amide bonds. The number of nitrogens with zero attached hydrogens (tertiary/aromatic N) is 1. The molecule has 34 heavy (non-hydrogen) atoms. The monoisotopic (exact) mass is 483 g/mol. The molecule has 2 aromatic rings. The van der Waals surface area contributed by atoms with Gasteiger partial charge in [-0.3, -0.25) is 9.52 Å². The molecule has 1 saturated carbocycles. The molecule has 4 rings (SSSR count). The van der Waals surface area contributed by atoms with Gasteiger partial charge in [-0.25, -0.2) is 8.42 Å². The summed E-state index contributed by atoms with van der Waals surface area (Å²) in [6.07, 6.45) is 6.62. The van der Waals surface area contributed by atoms with Crippen LogP contribution in [0.2, 0.25) is 0 Å². The molecule has 0 spiro atoms. The van der Waals surface area contributed by atoms with Gasteiger partial charge in [0.25, 0.3) is 15.9 Å². The Morgan fingerprint density at radius 1 is 0.941 bits per heavy atom. The molecule has 0 aromatic heterocycles. The first-order valence-electron chi connectivity index (χ1n) is 12.5. The number of amides is 1. The zero-order valence-corrected chi connectivity index (χ0v) is 21.3. The number of anilines is 2. The molecule has 7 heteroatoms. The van der Waals surface area contributed by atoms with Crippen molar-refractivity contribution < 1.29 is 13.2 Å². The Labute approximate surface area is 204 Å². The van der Waals surface area contributed by atoms with Gasteiger partial charge in [0.2, 0.25) is 0 Å². The van der Waals surface area contributed by atoms with E-state index in [2.05, 4.69) is 28.8 Å². The van der Waals surface area contributed by atoms with Crippen LogP contribution in [-0.2, 0) is 10.0 Å². The number of nitrogens with one attached hydrogen (secondary N) is 2. The van der Waals surface area contributed by atoms with E-state index in [1.165, 1.54) is 12.8 Å². The molecule has 3 atom stereocenters. The predicted molar refractivity (Wildman–Crippen MR) is 138 cm³/mol. The molecule has 184 valence electrons. The van der Waals surface area contributed by atoms with E-state index in [-0.39, 0.29) is 16.8 Å². The number of hydrogen-bond donors (Lipinski definition) is 2. The average molecular weight is 484 g/mol. The Morgan fingerprint density at radius 3 is 2.35 bits per heavy atom. The van der Waals surface area contributed by atoms with Gasteiger partial charge in [-0.1, -0.05) is 44.4 Å². The molecule has 2 aliphatic rings. The maximum Gasteiger partial charge on any atom is 0.261 e. The summed E-state index contributed by atoms with van der Waals surface area (Å²) < 4.78 is 29.2. The fourth-order valence-corrected chi connectivity index (χ4v) is 6.19. The van der Waals surface area contributed by atoms with Gasteiger partial charge in [0.15, 0.2) is 0 Å². The van der Waals surface area contributed by atoms with Crippen LogP contribution < -0.4 is 14.9 Å². The van der Waals surface area contributed by atoms with Crippen molar-refractivity contribution in [3.05, 3.63) is 53.6 Å². The summed E-state index contributed by atoms with van der Waals surface area (Å²) in [6, 6.07) is 12.3. The summed E-state index contributed by atoms with van der Waals surface area (Å²) in [5.74, 6) is 0.856. The second-order valence-corrected chi connectivity index (χ2v) is 11.7. The van der Waals surface area contributed by atoms with E-state index >= 15 is 0 Å². The SMILES string of the molecule is Cc1ccc(S(=O)(=O)Nc2cc(C(=O)N[C@@H]3CCC[C@@H](C)[C@H]3C)ccc2N2CCCCC2)cc1. The zero-order chi connectivity index (χ0) is 24.3. The topological polar surface area (TPSA) is 78.5 Å². The maximum atomic E-state index is 13.2. The highest BCUT2D eigenvalue weighted by atomic mass is 32.2. The van der Waals surface area contributed by atoms with Crippen molar-refractivity contribution in [3.8, 4) is 0 Å². The van der Waals surface area contributed by atoms with Crippen molar-refractivity contribution in [1.82, 2.24) is 5.32 Å². The van der Waals surface area contributed by atoms with Crippen molar-refractivity contribution in [1.29, 1.82) is 0 Å². The number of carbonyl (C=O) groups excluding carboxylic acids is 1. The second-order valence-electron chi connectivity index (χ2n) is 10.0. The quantitative estimate of drug-likeness (QED) is 0.581. The number of sulfonamides is 1. The molecule has 2 aromatic carbocycles. The number of piperidine rings is 1. The molecular weight excluding hydrogens is 446 g/mol. The van der Waals surface area contributed by atoms with Crippen LogP contribution in [0.3, 0.4) is 0 Å². The van der Waals surface area contributed by atoms with Gasteiger partial charge in [-0.15, -0.1) is 0 Å². The normalized spacial score (nSPS) is 23.4. The molecule has 0 radical (unpaired) electrons. The van der Waals surface area contributed by atoms with E-state index in [1.807, 2.05) is 19.1 Å². The molecule has 1 aliphatic heterocycles. The summed E-state index contributed by atoms with van der Waals surface area (Å²) in [5.41, 5.74) is 2.76. The van der Waals surface area contributed by atoms with Crippen LogP contribution in [0.1, 0.15) is 68.3 Å². The number of benzene rings is 2. The molecule has 1 saturated heterocycles. The summed E-state index contributed by atoms with van der Waals surface area (Å²) >= 11 is 0. The lowest BCUT2D eigenvalue weighted by Gasteiger charge is -2.34. The Morgan fingerprint density at radius 2 is 1.65 bits per heavy atom. The molecule has 2 fully saturated rings. The van der Waals surface area contributed by atoms with Crippen LogP contribution >= 0.6 is 0 Å². The van der Waals surface area contributed by atoms with Crippen LogP contribution in [0, 0.1) is 18.8 Å². The van der Waals surface area contributed by atoms with Crippen LogP contribution in [0.5, 0.6) is 0 Å². The minimum Gasteiger partial charge on any atom is -0.370 e. The molecule has 1 aliphatic carbocycles. The van der Waals surface area contributed by atoms with Crippen LogP contribution in [0.15, 0.2) is 47.4 Å². The van der Waals surface area contributed by atoms with Gasteiger partial charge in [-0.05, 0) is 74.8 Å². The number of rotatable bonds is 6. The van der Waals surface area contributed by atoms with Gasteiger partial charge >= 0.3 is 0 Å². The van der Waals surface area contributed by atoms with Crippen molar-refractivity contribution in [3.63, 3.8) is 0 Å². The first-order chi connectivity index (χ1) is 16.2. The Hall–Kier alpha value is -2.54. The van der Waals surface area contributed by atoms with Crippen molar-refractivity contribution in [2.75, 3.05) is 22.7 Å². The fraction of sp³-hybridized carbons (Fsp3) is 0.519. The lowest BCUT2D eigenvalue weighted by atomic mass is 9.78. The minimum absolute atomic E-state index is 0.144. The first kappa shape index (κ1) is 24.6. The number of hydrogen-bond acceptors (Lipinski definition) is 4. The molecule has 1 heterocycles. The number of carbonyl (C=O) groups is 1. The molecular formula is C27H37N3O3S. The number of aryl methyl sites for hydroxylation is 1. The van der Waals surface area contributed by atoms with E-state index in [1.54, 1.807) is 30.3 Å². The fourth-order valence-electron chi connectivity index (χ4n) is 5.13. The standard InChI is InChI=1S/C27H37N3O3S/c1-19-10-13-23(14-11-19)34(32,33)29-25-18-22(12-15-26(25)30-16-5-4-6-17-30)27(31)28-24-9-7-8-20(2)21(24)3/h10-15,18,20-21,24,29H,4-9,16-17H2,1-3H3,(H,28,31)/t20-,21-,24-/m1/s1. The summed E-state index contributed by atoms with van der Waals surface area (Å²) in [6.45, 7) is 8.13. The highest BCUT2D eigenvalue weighted by Crippen LogP contribution is 2.33. The molecule has 0 bridgehead atoms. The van der Waals surface area contributed by atoms with Crippen LogP contribution in [0.4, 0.5) is 11.4 Å². The van der Waals surface area contributed by atoms with Gasteiger partial charge in [0, 0.05) is 24.7 Å². The summed E-state index contributed by atoms with van der Waals surface area (Å²) in [7, 11) is -3.79. The second kappa shape index (κ2) is 10.4. The highest BCUT2D eigenvalue weighted by molar-refractivity contribution is 7.92. The van der Waals surface area contributed by atoms with Gasteiger partial charge in [0.05, 0.1) is 16.3 Å². The van der Waals surface area contributed by atoms with Gasteiger partial charge < -0.3 is 10.2 Å². The maximum absolute atomic E-state index is 13.2. The smallest absolute Gasteiger partial charge is 0.261 e. The highest BCUT2D eigenvalue weighted by Gasteiger charge is 2.29. The third-order valence-corrected chi connectivity index (χ3v) is 8.94. The molecule has 2 N–H and O–H groups in total. The Kier molecular flexibility index (Phi) is 7.51. The minimum atomic E-state index is -3.79. The van der Waals surface area contributed by atoms with E-state index < -0.39 is 10.0 Å². The van der Waals surface area contributed by atoms with Crippen LogP contribution in [0.25, 0.3) is 0 Å². The summed E-state index contributed by atoms with van der Waals surface area (Å²) in [5, 5.41) is 3.21. The van der Waals surface area contributed by atoms with Gasteiger partial charge in [0.1, 0.15) is 0 Å². The predicted octanol–water partition coefficient (Wildman–Crippen LogP) is 5.34. The first-order valence-corrected chi connectivity index (χ1v) is 14.0.